The molecular formula is C14H23N3O3. The minimum atomic E-state index is -0.823. The van der Waals surface area contributed by atoms with Crippen molar-refractivity contribution in [2.24, 2.45) is 0 Å². The maximum atomic E-state index is 12.6. The molecule has 1 aliphatic rings. The van der Waals surface area contributed by atoms with E-state index in [1.54, 1.807) is 11.8 Å². The first-order valence-electron chi connectivity index (χ1n) is 6.98. The standard InChI is InChI=1S/C14H23N3O3/c1-5-11-12(10(2)20-15-11)13(18)17-7-6-14(19,9-17)8-16(3)4/h19H,5-9H2,1-4H3. The summed E-state index contributed by atoms with van der Waals surface area (Å²) in [6.45, 7) is 5.18. The average molecular weight is 281 g/mol. The third-order valence-corrected chi connectivity index (χ3v) is 3.71. The molecule has 0 bridgehead atoms. The second-order valence-electron chi connectivity index (χ2n) is 5.85. The molecule has 0 saturated carbocycles. The molecule has 0 spiro atoms. The van der Waals surface area contributed by atoms with E-state index in [1.807, 2.05) is 25.9 Å². The van der Waals surface area contributed by atoms with Gasteiger partial charge in [0.15, 0.2) is 0 Å². The first kappa shape index (κ1) is 15.0. The van der Waals surface area contributed by atoms with Crippen molar-refractivity contribution in [3.63, 3.8) is 0 Å². The minimum absolute atomic E-state index is 0.0877. The molecule has 1 aliphatic heterocycles. The first-order valence-corrected chi connectivity index (χ1v) is 6.98. The largest absolute Gasteiger partial charge is 0.387 e. The molecule has 1 N–H and O–H groups in total. The Labute approximate surface area is 119 Å². The summed E-state index contributed by atoms with van der Waals surface area (Å²) in [5, 5.41) is 14.4. The van der Waals surface area contributed by atoms with Gasteiger partial charge in [-0.05, 0) is 33.9 Å². The molecule has 20 heavy (non-hydrogen) atoms. The van der Waals surface area contributed by atoms with Crippen LogP contribution in [0.25, 0.3) is 0 Å². The fraction of sp³-hybridized carbons (Fsp3) is 0.714. The Morgan fingerprint density at radius 2 is 2.25 bits per heavy atom. The van der Waals surface area contributed by atoms with Crippen LogP contribution < -0.4 is 0 Å². The number of β-amino-alcohol motifs (C(OH)–C–C–N with tert-alkyl or cyclic N) is 1. The maximum absolute atomic E-state index is 12.6. The molecule has 1 fully saturated rings. The molecule has 112 valence electrons. The molecule has 6 nitrogen and oxygen atoms in total. The van der Waals surface area contributed by atoms with Crippen LogP contribution in [0.4, 0.5) is 0 Å². The molecule has 0 aromatic carbocycles. The van der Waals surface area contributed by atoms with Gasteiger partial charge in [0.05, 0.1) is 17.8 Å². The molecule has 1 unspecified atom stereocenters. The van der Waals surface area contributed by atoms with Crippen LogP contribution in [0.15, 0.2) is 4.52 Å². The number of hydrogen-bond acceptors (Lipinski definition) is 5. The highest BCUT2D eigenvalue weighted by molar-refractivity contribution is 5.96. The number of amides is 1. The Hall–Kier alpha value is -1.40. The SMILES string of the molecule is CCc1noc(C)c1C(=O)N1CCC(O)(CN(C)C)C1. The second-order valence-corrected chi connectivity index (χ2v) is 5.85. The summed E-state index contributed by atoms with van der Waals surface area (Å²) < 4.78 is 5.12. The second kappa shape index (κ2) is 5.54. The Kier molecular flexibility index (Phi) is 4.15. The molecule has 1 atom stereocenters. The molecule has 2 rings (SSSR count). The van der Waals surface area contributed by atoms with Crippen LogP contribution in [-0.2, 0) is 6.42 Å². The zero-order valence-electron chi connectivity index (χ0n) is 12.6. The van der Waals surface area contributed by atoms with Gasteiger partial charge < -0.3 is 19.4 Å². The Bertz CT molecular complexity index is 498. The van der Waals surface area contributed by atoms with Crippen molar-refractivity contribution in [1.82, 2.24) is 15.0 Å². The molecule has 1 saturated heterocycles. The molecule has 6 heteroatoms. The number of carbonyl (C=O) groups excluding carboxylic acids is 1. The van der Waals surface area contributed by atoms with E-state index in [0.29, 0.717) is 49.5 Å². The predicted molar refractivity (Wildman–Crippen MR) is 74.6 cm³/mol. The van der Waals surface area contributed by atoms with E-state index in [0.717, 1.165) is 0 Å². The zero-order valence-corrected chi connectivity index (χ0v) is 12.6. The monoisotopic (exact) mass is 281 g/mol. The molecule has 1 aromatic heterocycles. The minimum Gasteiger partial charge on any atom is -0.387 e. The van der Waals surface area contributed by atoms with E-state index in [2.05, 4.69) is 5.16 Å². The first-order chi connectivity index (χ1) is 9.36. The van der Waals surface area contributed by atoms with Gasteiger partial charge in [0, 0.05) is 13.1 Å². The van der Waals surface area contributed by atoms with Gasteiger partial charge >= 0.3 is 0 Å². The highest BCUT2D eigenvalue weighted by Crippen LogP contribution is 2.25. The smallest absolute Gasteiger partial charge is 0.259 e. The van der Waals surface area contributed by atoms with Crippen LogP contribution in [0, 0.1) is 6.92 Å². The lowest BCUT2D eigenvalue weighted by atomic mass is 10.0. The predicted octanol–water partition coefficient (Wildman–Crippen LogP) is 0.684. The van der Waals surface area contributed by atoms with Crippen molar-refractivity contribution >= 4 is 5.91 Å². The van der Waals surface area contributed by atoms with Gasteiger partial charge in [0.1, 0.15) is 11.3 Å². The Morgan fingerprint density at radius 3 is 2.85 bits per heavy atom. The van der Waals surface area contributed by atoms with E-state index in [4.69, 9.17) is 4.52 Å². The number of carbonyl (C=O) groups is 1. The number of likely N-dealkylation sites (tertiary alicyclic amines) is 1. The number of hydrogen-bond donors (Lipinski definition) is 1. The van der Waals surface area contributed by atoms with Crippen molar-refractivity contribution in [1.29, 1.82) is 0 Å². The van der Waals surface area contributed by atoms with Crippen molar-refractivity contribution in [2.45, 2.75) is 32.3 Å². The van der Waals surface area contributed by atoms with Crippen molar-refractivity contribution < 1.29 is 14.4 Å². The van der Waals surface area contributed by atoms with Crippen molar-refractivity contribution in [3.05, 3.63) is 17.0 Å². The highest BCUT2D eigenvalue weighted by Gasteiger charge is 2.39. The molecular weight excluding hydrogens is 258 g/mol. The van der Waals surface area contributed by atoms with Gasteiger partial charge in [-0.2, -0.15) is 0 Å². The summed E-state index contributed by atoms with van der Waals surface area (Å²) in [6.07, 6.45) is 1.26. The lowest BCUT2D eigenvalue weighted by molar-refractivity contribution is 0.0235. The van der Waals surface area contributed by atoms with E-state index in [9.17, 15) is 9.90 Å². The van der Waals surface area contributed by atoms with E-state index in [1.165, 1.54) is 0 Å². The van der Waals surface area contributed by atoms with Crippen LogP contribution in [-0.4, -0.2) is 65.3 Å². The van der Waals surface area contributed by atoms with Crippen LogP contribution in [0.1, 0.15) is 35.2 Å². The summed E-state index contributed by atoms with van der Waals surface area (Å²) in [6, 6.07) is 0. The fourth-order valence-corrected chi connectivity index (χ4v) is 2.84. The zero-order chi connectivity index (χ0) is 14.9. The Balaban J connectivity index is 2.14. The summed E-state index contributed by atoms with van der Waals surface area (Å²) >= 11 is 0. The summed E-state index contributed by atoms with van der Waals surface area (Å²) in [7, 11) is 3.84. The molecule has 1 aromatic rings. The highest BCUT2D eigenvalue weighted by atomic mass is 16.5. The van der Waals surface area contributed by atoms with Crippen LogP contribution >= 0.6 is 0 Å². The van der Waals surface area contributed by atoms with E-state index < -0.39 is 5.60 Å². The number of aliphatic hydroxyl groups is 1. The van der Waals surface area contributed by atoms with Gasteiger partial charge in [-0.15, -0.1) is 0 Å². The van der Waals surface area contributed by atoms with Crippen molar-refractivity contribution in [3.8, 4) is 0 Å². The lowest BCUT2D eigenvalue weighted by Gasteiger charge is -2.26. The van der Waals surface area contributed by atoms with E-state index in [-0.39, 0.29) is 5.91 Å². The van der Waals surface area contributed by atoms with Gasteiger partial charge in [-0.1, -0.05) is 12.1 Å². The topological polar surface area (TPSA) is 69.8 Å². The molecule has 2 heterocycles. The summed E-state index contributed by atoms with van der Waals surface area (Å²) in [4.78, 5) is 16.2. The third-order valence-electron chi connectivity index (χ3n) is 3.71. The van der Waals surface area contributed by atoms with Crippen molar-refractivity contribution in [2.75, 3.05) is 33.7 Å². The number of likely N-dealkylation sites (N-methyl/N-ethyl adjacent to an activating group) is 1. The average Bonchev–Trinajstić information content (AvgIpc) is 2.91. The lowest BCUT2D eigenvalue weighted by Crippen LogP contribution is -2.43. The maximum Gasteiger partial charge on any atom is 0.259 e. The normalized spacial score (nSPS) is 22.8. The summed E-state index contributed by atoms with van der Waals surface area (Å²) in [5.41, 5.74) is 0.425. The molecule has 0 radical (unpaired) electrons. The summed E-state index contributed by atoms with van der Waals surface area (Å²) in [5.74, 6) is 0.463. The van der Waals surface area contributed by atoms with Gasteiger partial charge in [0.2, 0.25) is 0 Å². The fourth-order valence-electron chi connectivity index (χ4n) is 2.84. The molecule has 0 aliphatic carbocycles. The van der Waals surface area contributed by atoms with Crippen LogP contribution in [0.5, 0.6) is 0 Å². The quantitative estimate of drug-likeness (QED) is 0.879. The van der Waals surface area contributed by atoms with Gasteiger partial charge in [0.25, 0.3) is 5.91 Å². The van der Waals surface area contributed by atoms with Crippen LogP contribution in [0.3, 0.4) is 0 Å². The van der Waals surface area contributed by atoms with Gasteiger partial charge in [-0.25, -0.2) is 0 Å². The third kappa shape index (κ3) is 2.86. The molecule has 1 amide bonds. The number of aryl methyl sites for hydroxylation is 2. The number of nitrogens with zero attached hydrogens (tertiary/aromatic N) is 3. The Morgan fingerprint density at radius 1 is 1.55 bits per heavy atom. The number of rotatable bonds is 4. The number of aromatic nitrogens is 1. The van der Waals surface area contributed by atoms with Gasteiger partial charge in [-0.3, -0.25) is 4.79 Å². The van der Waals surface area contributed by atoms with E-state index >= 15 is 0 Å². The van der Waals surface area contributed by atoms with Crippen LogP contribution in [0.2, 0.25) is 0 Å².